The molecule has 2 amide bonds. The van der Waals surface area contributed by atoms with E-state index in [0.717, 1.165) is 96.2 Å². The quantitative estimate of drug-likeness (QED) is 0.0848. The van der Waals surface area contributed by atoms with Gasteiger partial charge in [0, 0.05) is 63.6 Å². The van der Waals surface area contributed by atoms with Crippen LogP contribution in [0, 0.1) is 5.92 Å². The number of likely N-dealkylation sites (tertiary alicyclic amines) is 1. The number of benzene rings is 4. The van der Waals surface area contributed by atoms with Crippen molar-refractivity contribution in [1.82, 2.24) is 25.1 Å². The largest absolute Gasteiger partial charge is 0.392 e. The van der Waals surface area contributed by atoms with E-state index in [1.807, 2.05) is 71.3 Å². The maximum absolute atomic E-state index is 12.9. The van der Waals surface area contributed by atoms with Crippen molar-refractivity contribution in [3.8, 4) is 11.1 Å². The fraction of sp³-hybridized carbons (Fsp3) is 0.413. The number of nitrogens with one attached hydrogen (secondary N) is 3. The molecule has 0 spiro atoms. The summed E-state index contributed by atoms with van der Waals surface area (Å²) in [5.41, 5.74) is 7.69. The Hall–Kier alpha value is -5.07. The molecule has 300 valence electrons. The lowest BCUT2D eigenvalue weighted by molar-refractivity contribution is -0.276. The summed E-state index contributed by atoms with van der Waals surface area (Å²) in [6.45, 7) is 7.23. The molecule has 0 aliphatic carbocycles. The van der Waals surface area contributed by atoms with Gasteiger partial charge in [0.2, 0.25) is 11.8 Å². The van der Waals surface area contributed by atoms with Crippen LogP contribution in [0.15, 0.2) is 102 Å². The number of aliphatic hydroxyl groups excluding tert-OH is 1. The first-order chi connectivity index (χ1) is 27.7. The number of para-hydroxylation sites is 2. The van der Waals surface area contributed by atoms with Gasteiger partial charge in [-0.05, 0) is 77.8 Å². The zero-order chi connectivity index (χ0) is 39.7. The van der Waals surface area contributed by atoms with Gasteiger partial charge in [-0.1, -0.05) is 86.1 Å². The fourth-order valence-electron chi connectivity index (χ4n) is 8.25. The first kappa shape index (κ1) is 40.1. The Bertz CT molecular complexity index is 2170. The number of aromatic nitrogens is 2. The molecule has 7 rings (SSSR count). The predicted molar refractivity (Wildman–Crippen MR) is 221 cm³/mol. The molecule has 57 heavy (non-hydrogen) atoms. The highest BCUT2D eigenvalue weighted by molar-refractivity contribution is 5.76. The van der Waals surface area contributed by atoms with Gasteiger partial charge in [0.25, 0.3) is 0 Å². The molecule has 11 heteroatoms. The van der Waals surface area contributed by atoms with Gasteiger partial charge in [-0.3, -0.25) is 14.2 Å². The van der Waals surface area contributed by atoms with Gasteiger partial charge in [-0.25, -0.2) is 4.79 Å². The van der Waals surface area contributed by atoms with Crippen LogP contribution in [0.4, 0.5) is 0 Å². The van der Waals surface area contributed by atoms with Crippen molar-refractivity contribution in [2.24, 2.45) is 5.92 Å². The summed E-state index contributed by atoms with van der Waals surface area (Å²) in [5.74, 6) is 0.0406. The van der Waals surface area contributed by atoms with Crippen LogP contribution in [0.3, 0.4) is 0 Å². The monoisotopic (exact) mass is 773 g/mol. The van der Waals surface area contributed by atoms with E-state index in [9.17, 15) is 19.5 Å². The summed E-state index contributed by atoms with van der Waals surface area (Å²) in [7, 11) is 0. The van der Waals surface area contributed by atoms with Gasteiger partial charge >= 0.3 is 5.69 Å². The number of unbranched alkanes of at least 4 members (excludes halogenated alkanes) is 2. The van der Waals surface area contributed by atoms with E-state index in [1.165, 1.54) is 6.92 Å². The van der Waals surface area contributed by atoms with E-state index in [2.05, 4.69) is 57.8 Å². The molecule has 4 atom stereocenters. The summed E-state index contributed by atoms with van der Waals surface area (Å²) in [5, 5.41) is 15.6. The molecule has 4 aromatic carbocycles. The Labute approximate surface area is 334 Å². The van der Waals surface area contributed by atoms with E-state index < -0.39 is 6.29 Å². The predicted octanol–water partition coefficient (Wildman–Crippen LogP) is 6.93. The van der Waals surface area contributed by atoms with E-state index in [1.54, 1.807) is 0 Å². The highest BCUT2D eigenvalue weighted by Gasteiger charge is 2.40. The lowest BCUT2D eigenvalue weighted by Gasteiger charge is -2.44. The number of ether oxygens (including phenoxy) is 2. The maximum Gasteiger partial charge on any atom is 0.326 e. The number of carbonyl (C=O) groups excluding carboxylic acids is 2. The highest BCUT2D eigenvalue weighted by atomic mass is 16.7. The number of amides is 2. The molecule has 4 unspecified atom stereocenters. The maximum atomic E-state index is 12.9. The molecule has 2 saturated heterocycles. The fourth-order valence-corrected chi connectivity index (χ4v) is 8.25. The number of nitrogens with zero attached hydrogens (tertiary/aromatic N) is 2. The molecule has 4 N–H and O–H groups in total. The van der Waals surface area contributed by atoms with Gasteiger partial charge in [0.05, 0.1) is 29.8 Å². The van der Waals surface area contributed by atoms with Gasteiger partial charge in [0.15, 0.2) is 6.29 Å². The number of aromatic amines is 1. The van der Waals surface area contributed by atoms with Crippen molar-refractivity contribution in [3.05, 3.63) is 130 Å². The second kappa shape index (κ2) is 18.9. The molecule has 2 aliphatic heterocycles. The number of H-pyrrole nitrogens is 1. The summed E-state index contributed by atoms with van der Waals surface area (Å²) in [4.78, 5) is 42.0. The van der Waals surface area contributed by atoms with Gasteiger partial charge in [-0.2, -0.15) is 0 Å². The number of carbonyl (C=O) groups is 2. The number of aliphatic hydroxyl groups is 1. The lowest BCUT2D eigenvalue weighted by Crippen LogP contribution is -2.47. The van der Waals surface area contributed by atoms with Crippen LogP contribution in [0.2, 0.25) is 0 Å². The van der Waals surface area contributed by atoms with Crippen molar-refractivity contribution in [2.45, 2.75) is 90.1 Å². The molecule has 0 radical (unpaired) electrons. The third-order valence-electron chi connectivity index (χ3n) is 11.5. The molecule has 11 nitrogen and oxygen atoms in total. The van der Waals surface area contributed by atoms with E-state index in [-0.39, 0.29) is 48.3 Å². The van der Waals surface area contributed by atoms with Crippen molar-refractivity contribution in [1.29, 1.82) is 0 Å². The molecule has 1 aromatic heterocycles. The average molecular weight is 774 g/mol. The summed E-state index contributed by atoms with van der Waals surface area (Å²) >= 11 is 0. The van der Waals surface area contributed by atoms with Crippen molar-refractivity contribution >= 4 is 22.8 Å². The molecule has 0 bridgehead atoms. The third-order valence-corrected chi connectivity index (χ3v) is 11.5. The normalized spacial score (nSPS) is 20.4. The minimum absolute atomic E-state index is 0.0150. The highest BCUT2D eigenvalue weighted by Crippen LogP contribution is 2.43. The van der Waals surface area contributed by atoms with Crippen LogP contribution in [-0.4, -0.2) is 63.7 Å². The first-order valence-electron chi connectivity index (χ1n) is 20.4. The van der Waals surface area contributed by atoms with E-state index in [0.29, 0.717) is 19.5 Å². The topological polar surface area (TPSA) is 138 Å². The van der Waals surface area contributed by atoms with Crippen molar-refractivity contribution in [3.63, 3.8) is 0 Å². The van der Waals surface area contributed by atoms with Crippen LogP contribution < -0.4 is 16.3 Å². The zero-order valence-corrected chi connectivity index (χ0v) is 33.0. The SMILES string of the molecule is CC(=O)NCCCCCC(=O)NCc1cccc(-c2cccc(C3OC(CN4CCC(n5c(=O)[nH]c6ccccc65)CC4)C(C)C(c4ccc(CO)cc4)O3)c2)c1. The van der Waals surface area contributed by atoms with Crippen LogP contribution >= 0.6 is 0 Å². The standard InChI is InChI=1S/C46H55N5O6/c1-31-42(29-50-24-21-39(22-25-50)51-41-15-6-5-14-40(41)49-46(51)55)56-45(57-44(31)35-19-17-33(30-52)18-20-35)38-13-9-12-37(27-38)36-11-8-10-34(26-36)28-48-43(54)16-4-3-7-23-47-32(2)53/h5-6,8-15,17-20,26-27,31,39,42,44-45,52H,3-4,7,16,21-25,28-30H2,1-2H3,(H,47,53)(H,48,54)(H,49,55). The molecular formula is C46H55N5O6. The minimum Gasteiger partial charge on any atom is -0.392 e. The number of hydrogen-bond donors (Lipinski definition) is 4. The molecule has 2 fully saturated rings. The molecular weight excluding hydrogens is 719 g/mol. The van der Waals surface area contributed by atoms with Crippen molar-refractivity contribution < 1.29 is 24.2 Å². The van der Waals surface area contributed by atoms with Gasteiger partial charge in [-0.15, -0.1) is 0 Å². The summed E-state index contributed by atoms with van der Waals surface area (Å²) < 4.78 is 15.6. The lowest BCUT2D eigenvalue weighted by atomic mass is 9.89. The first-order valence-corrected chi connectivity index (χ1v) is 20.4. The number of imidazole rings is 1. The van der Waals surface area contributed by atoms with E-state index in [4.69, 9.17) is 9.47 Å². The number of fused-ring (bicyclic) bond motifs is 1. The smallest absolute Gasteiger partial charge is 0.326 e. The summed E-state index contributed by atoms with van der Waals surface area (Å²) in [6.07, 6.45) is 3.80. The Morgan fingerprint density at radius 2 is 1.58 bits per heavy atom. The number of rotatable bonds is 15. The Morgan fingerprint density at radius 1 is 0.825 bits per heavy atom. The summed E-state index contributed by atoms with van der Waals surface area (Å²) in [6, 6.07) is 32.6. The molecule has 2 aliphatic rings. The second-order valence-corrected chi connectivity index (χ2v) is 15.6. The number of hydrogen-bond acceptors (Lipinski definition) is 7. The number of piperidine rings is 1. The third kappa shape index (κ3) is 10.1. The zero-order valence-electron chi connectivity index (χ0n) is 33.0. The van der Waals surface area contributed by atoms with Crippen LogP contribution in [-0.2, 0) is 32.2 Å². The minimum atomic E-state index is -0.600. The Balaban J connectivity index is 1.02. The van der Waals surface area contributed by atoms with Gasteiger partial charge in [0.1, 0.15) is 0 Å². The van der Waals surface area contributed by atoms with Gasteiger partial charge < -0.3 is 35.1 Å². The molecule has 0 saturated carbocycles. The molecule has 3 heterocycles. The van der Waals surface area contributed by atoms with Crippen molar-refractivity contribution in [2.75, 3.05) is 26.2 Å². The van der Waals surface area contributed by atoms with Crippen LogP contribution in [0.1, 0.15) is 93.1 Å². The van der Waals surface area contributed by atoms with Crippen LogP contribution in [0.5, 0.6) is 0 Å². The Kier molecular flexibility index (Phi) is 13.3. The molecule has 5 aromatic rings. The average Bonchev–Trinajstić information content (AvgIpc) is 3.58. The van der Waals surface area contributed by atoms with E-state index >= 15 is 0 Å². The second-order valence-electron chi connectivity index (χ2n) is 15.6. The van der Waals surface area contributed by atoms with Crippen LogP contribution in [0.25, 0.3) is 22.2 Å². The Morgan fingerprint density at radius 3 is 2.35 bits per heavy atom.